The number of ether oxygens (including phenoxy) is 1. The molecule has 0 bridgehead atoms. The SMILES string of the molecule is NC(=S)C1CCN(C(=O)C2CCCO2)CC1. The Hall–Kier alpha value is -0.680. The van der Waals surface area contributed by atoms with Crippen LogP contribution in [-0.4, -0.2) is 41.6 Å². The van der Waals surface area contributed by atoms with Gasteiger partial charge in [0.05, 0.1) is 4.99 Å². The second-order valence-electron chi connectivity index (χ2n) is 4.50. The zero-order valence-electron chi connectivity index (χ0n) is 9.35. The maximum atomic E-state index is 12.0. The number of hydrogen-bond donors (Lipinski definition) is 1. The smallest absolute Gasteiger partial charge is 0.251 e. The van der Waals surface area contributed by atoms with Gasteiger partial charge in [0.1, 0.15) is 6.10 Å². The molecule has 5 heteroatoms. The molecule has 0 saturated carbocycles. The predicted octanol–water partition coefficient (Wildman–Crippen LogP) is 0.690. The summed E-state index contributed by atoms with van der Waals surface area (Å²) in [5, 5.41) is 0. The molecular formula is C11H18N2O2S. The number of rotatable bonds is 2. The Balaban J connectivity index is 1.84. The van der Waals surface area contributed by atoms with Gasteiger partial charge in [-0.3, -0.25) is 4.79 Å². The summed E-state index contributed by atoms with van der Waals surface area (Å²) in [7, 11) is 0. The molecule has 2 aliphatic rings. The highest BCUT2D eigenvalue weighted by molar-refractivity contribution is 7.80. The van der Waals surface area contributed by atoms with Gasteiger partial charge in [0.25, 0.3) is 5.91 Å². The van der Waals surface area contributed by atoms with Gasteiger partial charge in [-0.15, -0.1) is 0 Å². The van der Waals surface area contributed by atoms with E-state index >= 15 is 0 Å². The normalized spacial score (nSPS) is 27.0. The second-order valence-corrected chi connectivity index (χ2v) is 4.97. The van der Waals surface area contributed by atoms with Gasteiger partial charge in [0, 0.05) is 25.6 Å². The van der Waals surface area contributed by atoms with Crippen molar-refractivity contribution >= 4 is 23.1 Å². The number of amides is 1. The third-order valence-electron chi connectivity index (χ3n) is 3.41. The molecule has 0 aromatic heterocycles. The first-order valence-corrected chi connectivity index (χ1v) is 6.29. The average molecular weight is 242 g/mol. The van der Waals surface area contributed by atoms with E-state index in [1.165, 1.54) is 0 Å². The van der Waals surface area contributed by atoms with Crippen molar-refractivity contribution < 1.29 is 9.53 Å². The van der Waals surface area contributed by atoms with Crippen LogP contribution in [0.25, 0.3) is 0 Å². The molecule has 2 saturated heterocycles. The third-order valence-corrected chi connectivity index (χ3v) is 3.75. The number of hydrogen-bond acceptors (Lipinski definition) is 3. The highest BCUT2D eigenvalue weighted by Gasteiger charge is 2.31. The summed E-state index contributed by atoms with van der Waals surface area (Å²) in [4.78, 5) is 14.5. The first-order valence-electron chi connectivity index (χ1n) is 5.88. The predicted molar refractivity (Wildman–Crippen MR) is 65.1 cm³/mol. The minimum Gasteiger partial charge on any atom is -0.393 e. The van der Waals surface area contributed by atoms with Crippen molar-refractivity contribution in [2.45, 2.75) is 31.8 Å². The number of thiocarbonyl (C=S) groups is 1. The highest BCUT2D eigenvalue weighted by Crippen LogP contribution is 2.21. The summed E-state index contributed by atoms with van der Waals surface area (Å²) < 4.78 is 5.40. The summed E-state index contributed by atoms with van der Waals surface area (Å²) in [5.41, 5.74) is 5.61. The fourth-order valence-electron chi connectivity index (χ4n) is 2.36. The van der Waals surface area contributed by atoms with Crippen molar-refractivity contribution in [2.75, 3.05) is 19.7 Å². The van der Waals surface area contributed by atoms with Gasteiger partial charge >= 0.3 is 0 Å². The van der Waals surface area contributed by atoms with Crippen molar-refractivity contribution in [3.63, 3.8) is 0 Å². The van der Waals surface area contributed by atoms with Gasteiger partial charge in [-0.2, -0.15) is 0 Å². The molecule has 2 rings (SSSR count). The third kappa shape index (κ3) is 2.52. The maximum absolute atomic E-state index is 12.0. The van der Waals surface area contributed by atoms with E-state index in [0.29, 0.717) is 10.9 Å². The second kappa shape index (κ2) is 5.10. The number of carbonyl (C=O) groups is 1. The first-order chi connectivity index (χ1) is 7.68. The van der Waals surface area contributed by atoms with Crippen LogP contribution in [0.5, 0.6) is 0 Å². The number of nitrogens with zero attached hydrogens (tertiary/aromatic N) is 1. The van der Waals surface area contributed by atoms with Crippen LogP contribution in [-0.2, 0) is 9.53 Å². The Kier molecular flexibility index (Phi) is 3.76. The van der Waals surface area contributed by atoms with E-state index in [1.807, 2.05) is 4.90 Å². The van der Waals surface area contributed by atoms with Crippen LogP contribution < -0.4 is 5.73 Å². The number of piperidine rings is 1. The Morgan fingerprint density at radius 2 is 2.00 bits per heavy atom. The fraction of sp³-hybridized carbons (Fsp3) is 0.818. The van der Waals surface area contributed by atoms with Gasteiger partial charge in [-0.25, -0.2) is 0 Å². The van der Waals surface area contributed by atoms with E-state index in [0.717, 1.165) is 45.4 Å². The molecule has 4 nitrogen and oxygen atoms in total. The zero-order chi connectivity index (χ0) is 11.5. The summed E-state index contributed by atoms with van der Waals surface area (Å²) in [6.07, 6.45) is 3.47. The molecule has 16 heavy (non-hydrogen) atoms. The van der Waals surface area contributed by atoms with Crippen molar-refractivity contribution in [1.29, 1.82) is 0 Å². The van der Waals surface area contributed by atoms with Crippen LogP contribution in [0.2, 0.25) is 0 Å². The van der Waals surface area contributed by atoms with E-state index in [4.69, 9.17) is 22.7 Å². The summed E-state index contributed by atoms with van der Waals surface area (Å²) >= 11 is 4.98. The lowest BCUT2D eigenvalue weighted by molar-refractivity contribution is -0.142. The minimum absolute atomic E-state index is 0.152. The molecule has 1 amide bonds. The molecule has 0 spiro atoms. The summed E-state index contributed by atoms with van der Waals surface area (Å²) in [6, 6.07) is 0. The molecule has 0 aromatic carbocycles. The van der Waals surface area contributed by atoms with Crippen LogP contribution in [0.3, 0.4) is 0 Å². The van der Waals surface area contributed by atoms with Crippen LogP contribution in [0.4, 0.5) is 0 Å². The van der Waals surface area contributed by atoms with Crippen molar-refractivity contribution in [1.82, 2.24) is 4.90 Å². The number of likely N-dealkylation sites (tertiary alicyclic amines) is 1. The first kappa shape index (κ1) is 11.8. The van der Waals surface area contributed by atoms with Crippen molar-refractivity contribution in [3.05, 3.63) is 0 Å². The van der Waals surface area contributed by atoms with E-state index in [2.05, 4.69) is 0 Å². The Bertz CT molecular complexity index is 282. The molecule has 0 aromatic rings. The van der Waals surface area contributed by atoms with E-state index in [-0.39, 0.29) is 12.0 Å². The van der Waals surface area contributed by atoms with Crippen molar-refractivity contribution in [3.8, 4) is 0 Å². The van der Waals surface area contributed by atoms with Gasteiger partial charge in [-0.05, 0) is 25.7 Å². The monoisotopic (exact) mass is 242 g/mol. The molecule has 2 N–H and O–H groups in total. The number of carbonyl (C=O) groups excluding carboxylic acids is 1. The van der Waals surface area contributed by atoms with E-state index in [9.17, 15) is 4.79 Å². The Morgan fingerprint density at radius 1 is 1.31 bits per heavy atom. The summed E-state index contributed by atoms with van der Waals surface area (Å²) in [6.45, 7) is 2.25. The summed E-state index contributed by atoms with van der Waals surface area (Å²) in [5.74, 6) is 0.461. The van der Waals surface area contributed by atoms with Gasteiger partial charge in [-0.1, -0.05) is 12.2 Å². The highest BCUT2D eigenvalue weighted by atomic mass is 32.1. The van der Waals surface area contributed by atoms with Crippen LogP contribution in [0, 0.1) is 5.92 Å². The minimum atomic E-state index is -0.193. The van der Waals surface area contributed by atoms with Crippen LogP contribution in [0.1, 0.15) is 25.7 Å². The van der Waals surface area contributed by atoms with Gasteiger partial charge in [0.15, 0.2) is 0 Å². The average Bonchev–Trinajstić information content (AvgIpc) is 2.81. The number of nitrogens with two attached hydrogens (primary N) is 1. The van der Waals surface area contributed by atoms with E-state index in [1.54, 1.807) is 0 Å². The fourth-order valence-corrected chi connectivity index (χ4v) is 2.60. The lowest BCUT2D eigenvalue weighted by atomic mass is 9.96. The van der Waals surface area contributed by atoms with Crippen LogP contribution in [0.15, 0.2) is 0 Å². The molecule has 2 aliphatic heterocycles. The molecule has 2 fully saturated rings. The lowest BCUT2D eigenvalue weighted by Gasteiger charge is -2.32. The molecule has 2 heterocycles. The van der Waals surface area contributed by atoms with E-state index < -0.39 is 0 Å². The molecule has 1 atom stereocenters. The lowest BCUT2D eigenvalue weighted by Crippen LogP contribution is -2.45. The largest absolute Gasteiger partial charge is 0.393 e. The molecular weight excluding hydrogens is 224 g/mol. The van der Waals surface area contributed by atoms with Crippen LogP contribution >= 0.6 is 12.2 Å². The molecule has 1 unspecified atom stereocenters. The van der Waals surface area contributed by atoms with Crippen molar-refractivity contribution in [2.24, 2.45) is 11.7 Å². The van der Waals surface area contributed by atoms with Gasteiger partial charge in [0.2, 0.25) is 0 Å². The topological polar surface area (TPSA) is 55.6 Å². The molecule has 0 radical (unpaired) electrons. The van der Waals surface area contributed by atoms with Gasteiger partial charge < -0.3 is 15.4 Å². The maximum Gasteiger partial charge on any atom is 0.251 e. The Morgan fingerprint density at radius 3 is 2.50 bits per heavy atom. The molecule has 0 aliphatic carbocycles. The quantitative estimate of drug-likeness (QED) is 0.724. The molecule has 90 valence electrons. The zero-order valence-corrected chi connectivity index (χ0v) is 10.2. The standard InChI is InChI=1S/C11H18N2O2S/c12-10(16)8-3-5-13(6-4-8)11(14)9-2-1-7-15-9/h8-9H,1-7H2,(H2,12,16). The Labute approximate surface area is 101 Å².